The van der Waals surface area contributed by atoms with Gasteiger partial charge < -0.3 is 9.73 Å². The molecule has 78 valence electrons. The van der Waals surface area contributed by atoms with E-state index in [1.165, 1.54) is 24.3 Å². The first kappa shape index (κ1) is 10.1. The zero-order valence-electron chi connectivity index (χ0n) is 8.53. The Balaban J connectivity index is 1.84. The molecule has 1 fully saturated rings. The van der Waals surface area contributed by atoms with Crippen LogP contribution in [0.4, 0.5) is 0 Å². The molecule has 1 aromatic rings. The summed E-state index contributed by atoms with van der Waals surface area (Å²) in [7, 11) is 0. The molecule has 2 rings (SSSR count). The maximum atomic E-state index is 5.37. The third kappa shape index (κ3) is 2.55. The third-order valence-electron chi connectivity index (χ3n) is 2.62. The van der Waals surface area contributed by atoms with Crippen LogP contribution in [0.2, 0.25) is 0 Å². The Labute approximate surface area is 89.4 Å². The zero-order chi connectivity index (χ0) is 9.80. The van der Waals surface area contributed by atoms with Gasteiger partial charge in [0.05, 0.1) is 12.3 Å². The molecule has 2 heterocycles. The van der Waals surface area contributed by atoms with Crippen molar-refractivity contribution in [2.45, 2.75) is 31.8 Å². The molecule has 1 N–H and O–H groups in total. The lowest BCUT2D eigenvalue weighted by Crippen LogP contribution is -2.35. The van der Waals surface area contributed by atoms with Crippen molar-refractivity contribution in [1.82, 2.24) is 5.32 Å². The highest BCUT2D eigenvalue weighted by Crippen LogP contribution is 2.20. The second kappa shape index (κ2) is 4.89. The SMILES string of the molecule is C[C@@H](NC1CCCSC1)c1ccco1. The van der Waals surface area contributed by atoms with Crippen LogP contribution >= 0.6 is 11.8 Å². The van der Waals surface area contributed by atoms with Crippen LogP contribution in [0.25, 0.3) is 0 Å². The number of rotatable bonds is 3. The van der Waals surface area contributed by atoms with Crippen LogP contribution in [-0.4, -0.2) is 17.5 Å². The summed E-state index contributed by atoms with van der Waals surface area (Å²) in [6.07, 6.45) is 4.38. The molecule has 3 heteroatoms. The Kier molecular flexibility index (Phi) is 3.54. The van der Waals surface area contributed by atoms with E-state index in [0.717, 1.165) is 5.76 Å². The molecular formula is C11H17NOS. The van der Waals surface area contributed by atoms with Crippen LogP contribution in [0.1, 0.15) is 31.6 Å². The maximum absolute atomic E-state index is 5.37. The smallest absolute Gasteiger partial charge is 0.120 e. The summed E-state index contributed by atoms with van der Waals surface area (Å²) in [5.74, 6) is 3.61. The van der Waals surface area contributed by atoms with Crippen LogP contribution in [-0.2, 0) is 0 Å². The van der Waals surface area contributed by atoms with Crippen molar-refractivity contribution >= 4 is 11.8 Å². The number of thioether (sulfide) groups is 1. The minimum atomic E-state index is 0.341. The first-order valence-electron chi connectivity index (χ1n) is 5.23. The molecule has 0 aliphatic carbocycles. The lowest BCUT2D eigenvalue weighted by molar-refractivity contribution is 0.387. The van der Waals surface area contributed by atoms with Crippen LogP contribution < -0.4 is 5.32 Å². The summed E-state index contributed by atoms with van der Waals surface area (Å²) < 4.78 is 5.37. The normalized spacial score (nSPS) is 24.8. The van der Waals surface area contributed by atoms with E-state index in [9.17, 15) is 0 Å². The molecule has 2 atom stereocenters. The lowest BCUT2D eigenvalue weighted by Gasteiger charge is -2.25. The van der Waals surface area contributed by atoms with Gasteiger partial charge in [-0.3, -0.25) is 0 Å². The van der Waals surface area contributed by atoms with Gasteiger partial charge in [-0.1, -0.05) is 0 Å². The summed E-state index contributed by atoms with van der Waals surface area (Å²) in [6, 6.07) is 4.99. The van der Waals surface area contributed by atoms with E-state index in [0.29, 0.717) is 12.1 Å². The fourth-order valence-corrected chi connectivity index (χ4v) is 2.93. The summed E-state index contributed by atoms with van der Waals surface area (Å²) in [6.45, 7) is 2.16. The molecule has 1 aromatic heterocycles. The van der Waals surface area contributed by atoms with Crippen molar-refractivity contribution in [3.05, 3.63) is 24.2 Å². The monoisotopic (exact) mass is 211 g/mol. The minimum Gasteiger partial charge on any atom is -0.468 e. The average Bonchev–Trinajstić information content (AvgIpc) is 2.72. The minimum absolute atomic E-state index is 0.341. The second-order valence-corrected chi connectivity index (χ2v) is 4.97. The Morgan fingerprint density at radius 2 is 2.57 bits per heavy atom. The largest absolute Gasteiger partial charge is 0.468 e. The molecule has 1 unspecified atom stereocenters. The molecular weight excluding hydrogens is 194 g/mol. The van der Waals surface area contributed by atoms with Gasteiger partial charge in [0, 0.05) is 11.8 Å². The quantitative estimate of drug-likeness (QED) is 0.832. The molecule has 0 aromatic carbocycles. The van der Waals surface area contributed by atoms with Crippen molar-refractivity contribution in [2.75, 3.05) is 11.5 Å². The van der Waals surface area contributed by atoms with Gasteiger partial charge in [0.15, 0.2) is 0 Å². The fourth-order valence-electron chi connectivity index (χ4n) is 1.85. The van der Waals surface area contributed by atoms with Crippen molar-refractivity contribution in [3.63, 3.8) is 0 Å². The van der Waals surface area contributed by atoms with Crippen molar-refractivity contribution in [1.29, 1.82) is 0 Å². The predicted octanol–water partition coefficient (Wildman–Crippen LogP) is 2.83. The molecule has 1 aliphatic heterocycles. The van der Waals surface area contributed by atoms with Gasteiger partial charge in [-0.05, 0) is 37.7 Å². The zero-order valence-corrected chi connectivity index (χ0v) is 9.35. The summed E-state index contributed by atoms with van der Waals surface area (Å²) in [5.41, 5.74) is 0. The van der Waals surface area contributed by atoms with Gasteiger partial charge >= 0.3 is 0 Å². The Morgan fingerprint density at radius 1 is 1.64 bits per heavy atom. The van der Waals surface area contributed by atoms with E-state index in [2.05, 4.69) is 12.2 Å². The summed E-state index contributed by atoms with van der Waals surface area (Å²) in [5, 5.41) is 3.61. The second-order valence-electron chi connectivity index (χ2n) is 3.82. The molecule has 0 saturated carbocycles. The topological polar surface area (TPSA) is 25.2 Å². The molecule has 1 saturated heterocycles. The van der Waals surface area contributed by atoms with E-state index in [4.69, 9.17) is 4.42 Å². The van der Waals surface area contributed by atoms with E-state index in [1.807, 2.05) is 23.9 Å². The summed E-state index contributed by atoms with van der Waals surface area (Å²) >= 11 is 2.05. The van der Waals surface area contributed by atoms with Crippen LogP contribution in [0.15, 0.2) is 22.8 Å². The highest BCUT2D eigenvalue weighted by molar-refractivity contribution is 7.99. The van der Waals surface area contributed by atoms with Crippen LogP contribution in [0.5, 0.6) is 0 Å². The maximum Gasteiger partial charge on any atom is 0.120 e. The molecule has 0 radical (unpaired) electrons. The number of hydrogen-bond donors (Lipinski definition) is 1. The molecule has 14 heavy (non-hydrogen) atoms. The fraction of sp³-hybridized carbons (Fsp3) is 0.636. The standard InChI is InChI=1S/C11H17NOS/c1-9(11-5-2-6-13-11)12-10-4-3-7-14-8-10/h2,5-6,9-10,12H,3-4,7-8H2,1H3/t9-,10?/m1/s1. The summed E-state index contributed by atoms with van der Waals surface area (Å²) in [4.78, 5) is 0. The molecule has 0 spiro atoms. The number of furan rings is 1. The lowest BCUT2D eigenvalue weighted by atomic mass is 10.1. The Bertz CT molecular complexity index is 254. The first-order chi connectivity index (χ1) is 6.86. The molecule has 0 amide bonds. The van der Waals surface area contributed by atoms with E-state index in [-0.39, 0.29) is 0 Å². The van der Waals surface area contributed by atoms with Gasteiger partial charge in [-0.25, -0.2) is 0 Å². The molecule has 2 nitrogen and oxygen atoms in total. The Hall–Kier alpha value is -0.410. The first-order valence-corrected chi connectivity index (χ1v) is 6.39. The van der Waals surface area contributed by atoms with Crippen LogP contribution in [0.3, 0.4) is 0 Å². The number of hydrogen-bond acceptors (Lipinski definition) is 3. The van der Waals surface area contributed by atoms with Crippen molar-refractivity contribution in [2.24, 2.45) is 0 Å². The van der Waals surface area contributed by atoms with E-state index in [1.54, 1.807) is 6.26 Å². The molecule has 1 aliphatic rings. The highest BCUT2D eigenvalue weighted by atomic mass is 32.2. The van der Waals surface area contributed by atoms with E-state index < -0.39 is 0 Å². The van der Waals surface area contributed by atoms with Gasteiger partial charge in [-0.15, -0.1) is 0 Å². The predicted molar refractivity (Wildman–Crippen MR) is 60.6 cm³/mol. The molecule has 0 bridgehead atoms. The highest BCUT2D eigenvalue weighted by Gasteiger charge is 2.17. The van der Waals surface area contributed by atoms with Gasteiger partial charge in [0.25, 0.3) is 0 Å². The van der Waals surface area contributed by atoms with Gasteiger partial charge in [0.2, 0.25) is 0 Å². The van der Waals surface area contributed by atoms with Crippen LogP contribution in [0, 0.1) is 0 Å². The van der Waals surface area contributed by atoms with Crippen molar-refractivity contribution in [3.8, 4) is 0 Å². The van der Waals surface area contributed by atoms with Gasteiger partial charge in [-0.2, -0.15) is 11.8 Å². The van der Waals surface area contributed by atoms with Gasteiger partial charge in [0.1, 0.15) is 5.76 Å². The third-order valence-corrected chi connectivity index (χ3v) is 3.83. The average molecular weight is 211 g/mol. The van der Waals surface area contributed by atoms with Crippen molar-refractivity contribution < 1.29 is 4.42 Å². The number of nitrogens with one attached hydrogen (secondary N) is 1. The Morgan fingerprint density at radius 3 is 3.21 bits per heavy atom. The van der Waals surface area contributed by atoms with E-state index >= 15 is 0 Å².